The number of nitrogens with one attached hydrogen (secondary N) is 1. The van der Waals surface area contributed by atoms with Crippen LogP contribution in [0.5, 0.6) is 17.2 Å². The summed E-state index contributed by atoms with van der Waals surface area (Å²) in [5.74, 6) is -1.70. The molecule has 0 spiro atoms. The molecule has 0 aromatic heterocycles. The molecule has 1 amide bonds. The summed E-state index contributed by atoms with van der Waals surface area (Å²) in [6, 6.07) is 22.2. The number of phenols is 1. The number of carbonyl (C=O) groups is 3. The number of carbonyl (C=O) groups excluding carboxylic acids is 3. The predicted molar refractivity (Wildman–Crippen MR) is 142 cm³/mol. The molecule has 0 aliphatic carbocycles. The number of phenolic OH excluding ortho intramolecular Hbond substituents is 1. The third-order valence-corrected chi connectivity index (χ3v) is 5.56. The Balaban J connectivity index is 1.56. The van der Waals surface area contributed by atoms with Crippen LogP contribution in [-0.2, 0) is 0 Å². The number of hydrogen-bond donors (Lipinski definition) is 2. The fourth-order valence-corrected chi connectivity index (χ4v) is 3.36. The highest BCUT2D eigenvalue weighted by Gasteiger charge is 2.15. The van der Waals surface area contributed by atoms with Gasteiger partial charge in [-0.3, -0.25) is 4.79 Å². The summed E-state index contributed by atoms with van der Waals surface area (Å²) >= 11 is 11.8. The molecule has 38 heavy (non-hydrogen) atoms. The summed E-state index contributed by atoms with van der Waals surface area (Å²) in [4.78, 5) is 37.5. The zero-order valence-corrected chi connectivity index (χ0v) is 20.9. The van der Waals surface area contributed by atoms with Gasteiger partial charge in [0.1, 0.15) is 17.2 Å². The first-order valence-corrected chi connectivity index (χ1v) is 11.8. The number of hydrazone groups is 1. The van der Waals surface area contributed by atoms with Crippen molar-refractivity contribution in [2.24, 2.45) is 5.10 Å². The third kappa shape index (κ3) is 6.97. The van der Waals surface area contributed by atoms with E-state index in [-0.39, 0.29) is 33.9 Å². The van der Waals surface area contributed by atoms with Crippen molar-refractivity contribution in [2.45, 2.75) is 0 Å². The summed E-state index contributed by atoms with van der Waals surface area (Å²) in [6.45, 7) is 0. The Morgan fingerprint density at radius 2 is 1.24 bits per heavy atom. The van der Waals surface area contributed by atoms with Crippen molar-refractivity contribution >= 4 is 47.3 Å². The molecule has 0 radical (unpaired) electrons. The summed E-state index contributed by atoms with van der Waals surface area (Å²) in [5.41, 5.74) is 3.45. The van der Waals surface area contributed by atoms with Crippen molar-refractivity contribution in [2.75, 3.05) is 0 Å². The fourth-order valence-electron chi connectivity index (χ4n) is 3.11. The van der Waals surface area contributed by atoms with Crippen LogP contribution in [-0.4, -0.2) is 29.2 Å². The predicted octanol–water partition coefficient (Wildman–Crippen LogP) is 5.90. The lowest BCUT2D eigenvalue weighted by molar-refractivity contribution is 0.0732. The molecule has 0 aliphatic rings. The molecule has 0 heterocycles. The second-order valence-corrected chi connectivity index (χ2v) is 8.61. The molecule has 0 aliphatic heterocycles. The first-order valence-electron chi connectivity index (χ1n) is 11.0. The number of aromatic hydroxyl groups is 1. The molecule has 0 bridgehead atoms. The van der Waals surface area contributed by atoms with Crippen LogP contribution in [0.1, 0.15) is 36.6 Å². The van der Waals surface area contributed by atoms with Gasteiger partial charge >= 0.3 is 11.9 Å². The lowest BCUT2D eigenvalue weighted by Crippen LogP contribution is -2.17. The van der Waals surface area contributed by atoms with E-state index in [9.17, 15) is 19.5 Å². The van der Waals surface area contributed by atoms with Crippen molar-refractivity contribution in [3.8, 4) is 17.2 Å². The van der Waals surface area contributed by atoms with E-state index in [1.54, 1.807) is 24.3 Å². The average Bonchev–Trinajstić information content (AvgIpc) is 2.91. The van der Waals surface area contributed by atoms with Gasteiger partial charge in [0.15, 0.2) is 0 Å². The molecular weight excluding hydrogens is 531 g/mol. The van der Waals surface area contributed by atoms with Gasteiger partial charge in [-0.2, -0.15) is 5.10 Å². The Morgan fingerprint density at radius 1 is 0.711 bits per heavy atom. The van der Waals surface area contributed by atoms with Crippen molar-refractivity contribution in [3.63, 3.8) is 0 Å². The third-order valence-electron chi connectivity index (χ3n) is 5.06. The Morgan fingerprint density at radius 3 is 1.82 bits per heavy atom. The first-order chi connectivity index (χ1) is 18.3. The fraction of sp³-hybridized carbons (Fsp3) is 0. The van der Waals surface area contributed by atoms with E-state index >= 15 is 0 Å². The molecule has 0 unspecified atom stereocenters. The van der Waals surface area contributed by atoms with E-state index in [0.717, 1.165) is 0 Å². The number of esters is 2. The van der Waals surface area contributed by atoms with Gasteiger partial charge in [-0.15, -0.1) is 0 Å². The summed E-state index contributed by atoms with van der Waals surface area (Å²) < 4.78 is 11.0. The Labute approximate surface area is 227 Å². The van der Waals surface area contributed by atoms with Crippen LogP contribution in [0.4, 0.5) is 0 Å². The van der Waals surface area contributed by atoms with Crippen LogP contribution in [0, 0.1) is 0 Å². The van der Waals surface area contributed by atoms with E-state index < -0.39 is 17.8 Å². The maximum absolute atomic E-state index is 12.7. The van der Waals surface area contributed by atoms with Gasteiger partial charge in [-0.05, 0) is 84.9 Å². The van der Waals surface area contributed by atoms with E-state index in [1.807, 2.05) is 0 Å². The number of hydrogen-bond acceptors (Lipinski definition) is 7. The van der Waals surface area contributed by atoms with Gasteiger partial charge in [-0.25, -0.2) is 15.0 Å². The summed E-state index contributed by atoms with van der Waals surface area (Å²) in [6.07, 6.45) is 1.27. The van der Waals surface area contributed by atoms with Gasteiger partial charge in [-0.1, -0.05) is 23.2 Å². The van der Waals surface area contributed by atoms with E-state index in [1.165, 1.54) is 72.9 Å². The molecule has 0 atom stereocenters. The minimum absolute atomic E-state index is 0.0222. The Hall–Kier alpha value is -4.66. The van der Waals surface area contributed by atoms with Crippen molar-refractivity contribution < 1.29 is 29.0 Å². The maximum atomic E-state index is 12.7. The van der Waals surface area contributed by atoms with Crippen LogP contribution >= 0.6 is 23.2 Å². The highest BCUT2D eigenvalue weighted by atomic mass is 35.5. The van der Waals surface area contributed by atoms with Crippen LogP contribution in [0.15, 0.2) is 96.1 Å². The SMILES string of the molecule is O=C(N/N=C\c1ccc(OC(=O)c2ccc(Cl)cc2)cc1OC(=O)c1ccc(Cl)cc1)c1ccc(O)cc1. The first kappa shape index (κ1) is 26.4. The van der Waals surface area contributed by atoms with Gasteiger partial charge in [0.25, 0.3) is 5.91 Å². The molecular formula is C28H18Cl2N2O6. The molecule has 2 N–H and O–H groups in total. The molecule has 4 aromatic rings. The number of benzene rings is 4. The normalized spacial score (nSPS) is 10.7. The summed E-state index contributed by atoms with van der Waals surface area (Å²) in [5, 5.41) is 14.2. The zero-order valence-electron chi connectivity index (χ0n) is 19.4. The van der Waals surface area contributed by atoms with Gasteiger partial charge in [0.2, 0.25) is 0 Å². The minimum Gasteiger partial charge on any atom is -0.508 e. The molecule has 0 saturated heterocycles. The second-order valence-electron chi connectivity index (χ2n) is 7.74. The summed E-state index contributed by atoms with van der Waals surface area (Å²) in [7, 11) is 0. The Bertz CT molecular complexity index is 1500. The highest BCUT2D eigenvalue weighted by Crippen LogP contribution is 2.26. The minimum atomic E-state index is -0.689. The van der Waals surface area contributed by atoms with Gasteiger partial charge in [0, 0.05) is 27.2 Å². The average molecular weight is 549 g/mol. The molecule has 0 fully saturated rings. The Kier molecular flexibility index (Phi) is 8.37. The van der Waals surface area contributed by atoms with Crippen LogP contribution in [0.25, 0.3) is 0 Å². The van der Waals surface area contributed by atoms with E-state index in [4.69, 9.17) is 32.7 Å². The lowest BCUT2D eigenvalue weighted by atomic mass is 10.2. The van der Waals surface area contributed by atoms with Crippen molar-refractivity contribution in [1.29, 1.82) is 0 Å². The van der Waals surface area contributed by atoms with Crippen LogP contribution in [0.2, 0.25) is 10.0 Å². The molecule has 0 saturated carbocycles. The largest absolute Gasteiger partial charge is 0.508 e. The van der Waals surface area contributed by atoms with E-state index in [2.05, 4.69) is 10.5 Å². The number of nitrogens with zero attached hydrogens (tertiary/aromatic N) is 1. The second kappa shape index (κ2) is 12.1. The standard InChI is InChI=1S/C28H18Cl2N2O6/c29-21-8-1-18(2-9-21)27(35)37-24-14-7-20(16-31-32-26(34)17-5-12-23(33)13-6-17)25(15-24)38-28(36)19-3-10-22(30)11-4-19/h1-16,33H,(H,32,34)/b31-16-. The molecule has 190 valence electrons. The van der Waals surface area contributed by atoms with Gasteiger partial charge < -0.3 is 14.6 Å². The van der Waals surface area contributed by atoms with Gasteiger partial charge in [0.05, 0.1) is 17.3 Å². The zero-order chi connectivity index (χ0) is 27.1. The molecule has 4 rings (SSSR count). The topological polar surface area (TPSA) is 114 Å². The molecule has 4 aromatic carbocycles. The number of rotatable bonds is 7. The van der Waals surface area contributed by atoms with E-state index in [0.29, 0.717) is 15.6 Å². The molecule has 10 heteroatoms. The smallest absolute Gasteiger partial charge is 0.343 e. The maximum Gasteiger partial charge on any atom is 0.343 e. The van der Waals surface area contributed by atoms with Crippen LogP contribution in [0.3, 0.4) is 0 Å². The number of ether oxygens (including phenoxy) is 2. The number of amides is 1. The van der Waals surface area contributed by atoms with Crippen molar-refractivity contribution in [3.05, 3.63) is 123 Å². The monoisotopic (exact) mass is 548 g/mol. The van der Waals surface area contributed by atoms with Crippen LogP contribution < -0.4 is 14.9 Å². The lowest BCUT2D eigenvalue weighted by Gasteiger charge is -2.11. The molecule has 8 nitrogen and oxygen atoms in total. The highest BCUT2D eigenvalue weighted by molar-refractivity contribution is 6.31. The quantitative estimate of drug-likeness (QED) is 0.128. The number of halogens is 2. The van der Waals surface area contributed by atoms with Crippen molar-refractivity contribution in [1.82, 2.24) is 5.43 Å².